The Morgan fingerprint density at radius 1 is 1.04 bits per heavy atom. The zero-order valence-electron chi connectivity index (χ0n) is 15.7. The summed E-state index contributed by atoms with van der Waals surface area (Å²) in [4.78, 5) is 26.6. The van der Waals surface area contributed by atoms with Gasteiger partial charge in [0, 0.05) is 24.7 Å². The number of piperidine rings is 1. The number of aryl methyl sites for hydroxylation is 1. The van der Waals surface area contributed by atoms with Gasteiger partial charge in [-0.3, -0.25) is 9.59 Å². The largest absolute Gasteiger partial charge is 0.493 e. The molecule has 3 rings (SSSR count). The number of benzene rings is 2. The van der Waals surface area contributed by atoms with Crippen LogP contribution in [-0.4, -0.2) is 42.5 Å². The molecular weight excluding hydrogens is 340 g/mol. The lowest BCUT2D eigenvalue weighted by Gasteiger charge is -2.32. The number of hydrogen-bond donors (Lipinski definition) is 1. The molecule has 1 aliphatic rings. The molecule has 142 valence electrons. The first-order chi connectivity index (χ1) is 13.1. The van der Waals surface area contributed by atoms with Gasteiger partial charge in [-0.05, 0) is 43.5 Å². The minimum atomic E-state index is -0.00499. The summed E-state index contributed by atoms with van der Waals surface area (Å²) in [6, 6.07) is 17.3. The average molecular weight is 366 g/mol. The van der Waals surface area contributed by atoms with E-state index in [1.807, 2.05) is 66.4 Å². The molecule has 0 spiro atoms. The van der Waals surface area contributed by atoms with Crippen molar-refractivity contribution in [2.75, 3.05) is 19.7 Å². The van der Waals surface area contributed by atoms with Gasteiger partial charge in [0.25, 0.3) is 5.91 Å². The van der Waals surface area contributed by atoms with E-state index in [4.69, 9.17) is 4.74 Å². The first kappa shape index (κ1) is 19.0. The molecule has 1 aliphatic heterocycles. The van der Waals surface area contributed by atoms with Gasteiger partial charge in [-0.1, -0.05) is 36.4 Å². The summed E-state index contributed by atoms with van der Waals surface area (Å²) >= 11 is 0. The van der Waals surface area contributed by atoms with Crippen LogP contribution in [0.3, 0.4) is 0 Å². The second-order valence-electron chi connectivity index (χ2n) is 6.86. The van der Waals surface area contributed by atoms with E-state index in [-0.39, 0.29) is 17.9 Å². The molecule has 0 unspecified atom stereocenters. The second kappa shape index (κ2) is 9.21. The first-order valence-electron chi connectivity index (χ1n) is 9.45. The fourth-order valence-corrected chi connectivity index (χ4v) is 3.29. The summed E-state index contributed by atoms with van der Waals surface area (Å²) in [6.07, 6.45) is 1.89. The fourth-order valence-electron chi connectivity index (χ4n) is 3.29. The van der Waals surface area contributed by atoms with Gasteiger partial charge in [0.1, 0.15) is 5.75 Å². The van der Waals surface area contributed by atoms with Crippen molar-refractivity contribution >= 4 is 11.8 Å². The Balaban J connectivity index is 1.39. The van der Waals surface area contributed by atoms with Crippen LogP contribution in [0.4, 0.5) is 0 Å². The molecule has 1 N–H and O–H groups in total. The summed E-state index contributed by atoms with van der Waals surface area (Å²) < 4.78 is 5.56. The van der Waals surface area contributed by atoms with Crippen LogP contribution in [0.25, 0.3) is 0 Å². The molecular formula is C22H26N2O3. The van der Waals surface area contributed by atoms with Crippen LogP contribution in [0.2, 0.25) is 0 Å². The van der Waals surface area contributed by atoms with Gasteiger partial charge < -0.3 is 15.0 Å². The minimum absolute atomic E-state index is 0.00499. The quantitative estimate of drug-likeness (QED) is 0.854. The molecule has 0 radical (unpaired) electrons. The molecule has 2 aromatic carbocycles. The molecule has 27 heavy (non-hydrogen) atoms. The van der Waals surface area contributed by atoms with E-state index in [9.17, 15) is 9.59 Å². The number of likely N-dealkylation sites (tertiary alicyclic amines) is 1. The highest BCUT2D eigenvalue weighted by Gasteiger charge is 2.25. The van der Waals surface area contributed by atoms with E-state index >= 15 is 0 Å². The third-order valence-electron chi connectivity index (χ3n) is 4.86. The number of ether oxygens (including phenoxy) is 1. The minimum Gasteiger partial charge on any atom is -0.493 e. The first-order valence-corrected chi connectivity index (χ1v) is 9.45. The second-order valence-corrected chi connectivity index (χ2v) is 6.86. The molecule has 5 heteroatoms. The lowest BCUT2D eigenvalue weighted by atomic mass is 10.0. The highest BCUT2D eigenvalue weighted by Crippen LogP contribution is 2.16. The monoisotopic (exact) mass is 366 g/mol. The molecule has 2 aromatic rings. The molecule has 5 nitrogen and oxygen atoms in total. The van der Waals surface area contributed by atoms with E-state index < -0.39 is 0 Å². The molecule has 1 fully saturated rings. The van der Waals surface area contributed by atoms with Crippen LogP contribution in [0.15, 0.2) is 54.6 Å². The summed E-state index contributed by atoms with van der Waals surface area (Å²) in [6.45, 7) is 3.65. The van der Waals surface area contributed by atoms with Gasteiger partial charge in [0.2, 0.25) is 5.91 Å². The van der Waals surface area contributed by atoms with Gasteiger partial charge in [-0.2, -0.15) is 0 Å². The van der Waals surface area contributed by atoms with Crippen LogP contribution in [0.5, 0.6) is 5.75 Å². The molecule has 2 amide bonds. The van der Waals surface area contributed by atoms with Gasteiger partial charge in [-0.25, -0.2) is 0 Å². The standard InChI is InChI=1S/C22H26N2O3/c1-17-7-5-6-10-20(17)22(26)24-14-11-18(12-15-24)23-21(25)13-16-27-19-8-3-2-4-9-19/h2-10,18H,11-16H2,1H3,(H,23,25). The topological polar surface area (TPSA) is 58.6 Å². The summed E-state index contributed by atoms with van der Waals surface area (Å²) in [5, 5.41) is 3.06. The van der Waals surface area contributed by atoms with Crippen molar-refractivity contribution in [3.63, 3.8) is 0 Å². The maximum absolute atomic E-state index is 12.6. The molecule has 0 aromatic heterocycles. The van der Waals surface area contributed by atoms with Crippen molar-refractivity contribution in [2.24, 2.45) is 0 Å². The summed E-state index contributed by atoms with van der Waals surface area (Å²) in [5.41, 5.74) is 1.76. The molecule has 0 saturated carbocycles. The predicted molar refractivity (Wildman–Crippen MR) is 105 cm³/mol. The van der Waals surface area contributed by atoms with Crippen molar-refractivity contribution in [2.45, 2.75) is 32.2 Å². The Labute approximate surface area is 160 Å². The number of carbonyl (C=O) groups is 2. The van der Waals surface area contributed by atoms with Crippen molar-refractivity contribution in [1.82, 2.24) is 10.2 Å². The predicted octanol–water partition coefficient (Wildman–Crippen LogP) is 3.18. The van der Waals surface area contributed by atoms with Crippen molar-refractivity contribution in [3.8, 4) is 5.75 Å². The summed E-state index contributed by atoms with van der Waals surface area (Å²) in [7, 11) is 0. The van der Waals surface area contributed by atoms with Gasteiger partial charge in [-0.15, -0.1) is 0 Å². The van der Waals surface area contributed by atoms with Crippen LogP contribution in [0, 0.1) is 6.92 Å². The molecule has 1 saturated heterocycles. The number of hydrogen-bond acceptors (Lipinski definition) is 3. The van der Waals surface area contributed by atoms with E-state index in [2.05, 4.69) is 5.32 Å². The number of nitrogens with one attached hydrogen (secondary N) is 1. The van der Waals surface area contributed by atoms with Crippen LogP contribution in [0.1, 0.15) is 35.2 Å². The van der Waals surface area contributed by atoms with Crippen LogP contribution >= 0.6 is 0 Å². The molecule has 1 heterocycles. The maximum Gasteiger partial charge on any atom is 0.254 e. The molecule has 0 atom stereocenters. The Bertz CT molecular complexity index is 768. The van der Waals surface area contributed by atoms with Gasteiger partial charge in [0.15, 0.2) is 0 Å². The lowest BCUT2D eigenvalue weighted by molar-refractivity contribution is -0.122. The smallest absolute Gasteiger partial charge is 0.254 e. The van der Waals surface area contributed by atoms with Crippen molar-refractivity contribution in [1.29, 1.82) is 0 Å². The lowest BCUT2D eigenvalue weighted by Crippen LogP contribution is -2.46. The highest BCUT2D eigenvalue weighted by molar-refractivity contribution is 5.95. The molecule has 0 aliphatic carbocycles. The van der Waals surface area contributed by atoms with Gasteiger partial charge in [0.05, 0.1) is 13.0 Å². The third-order valence-corrected chi connectivity index (χ3v) is 4.86. The van der Waals surface area contributed by atoms with E-state index in [0.717, 1.165) is 29.7 Å². The van der Waals surface area contributed by atoms with Crippen molar-refractivity contribution in [3.05, 3.63) is 65.7 Å². The van der Waals surface area contributed by atoms with Crippen molar-refractivity contribution < 1.29 is 14.3 Å². The number of rotatable bonds is 6. The van der Waals surface area contributed by atoms with E-state index in [1.54, 1.807) is 0 Å². The normalized spacial score (nSPS) is 14.6. The third kappa shape index (κ3) is 5.33. The van der Waals surface area contributed by atoms with Gasteiger partial charge >= 0.3 is 0 Å². The van der Waals surface area contributed by atoms with Crippen LogP contribution < -0.4 is 10.1 Å². The number of carbonyl (C=O) groups excluding carboxylic acids is 2. The molecule has 0 bridgehead atoms. The number of amides is 2. The van der Waals surface area contributed by atoms with Crippen LogP contribution in [-0.2, 0) is 4.79 Å². The Morgan fingerprint density at radius 3 is 2.41 bits per heavy atom. The Morgan fingerprint density at radius 2 is 1.70 bits per heavy atom. The van der Waals surface area contributed by atoms with E-state index in [1.165, 1.54) is 0 Å². The Hall–Kier alpha value is -2.82. The maximum atomic E-state index is 12.6. The van der Waals surface area contributed by atoms with E-state index in [0.29, 0.717) is 26.1 Å². The zero-order valence-corrected chi connectivity index (χ0v) is 15.7. The number of para-hydroxylation sites is 1. The Kier molecular flexibility index (Phi) is 6.47. The highest BCUT2D eigenvalue weighted by atomic mass is 16.5. The fraction of sp³-hybridized carbons (Fsp3) is 0.364. The summed E-state index contributed by atoms with van der Waals surface area (Å²) in [5.74, 6) is 0.845. The average Bonchev–Trinajstić information content (AvgIpc) is 2.69. The number of nitrogens with zero attached hydrogens (tertiary/aromatic N) is 1. The zero-order chi connectivity index (χ0) is 19.1. The SMILES string of the molecule is Cc1ccccc1C(=O)N1CCC(NC(=O)CCOc2ccccc2)CC1.